The molecule has 0 spiro atoms. The van der Waals surface area contributed by atoms with E-state index in [-0.39, 0.29) is 17.0 Å². The molecule has 0 unspecified atom stereocenters. The van der Waals surface area contributed by atoms with Gasteiger partial charge in [0, 0.05) is 29.9 Å². The number of nitrogens with one attached hydrogen (secondary N) is 1. The van der Waals surface area contributed by atoms with E-state index in [0.717, 1.165) is 23.0 Å². The van der Waals surface area contributed by atoms with Gasteiger partial charge in [-0.2, -0.15) is 5.10 Å². The van der Waals surface area contributed by atoms with Gasteiger partial charge in [-0.25, -0.2) is 9.37 Å². The van der Waals surface area contributed by atoms with Crippen molar-refractivity contribution >= 4 is 29.0 Å². The minimum absolute atomic E-state index is 0.112. The van der Waals surface area contributed by atoms with E-state index in [2.05, 4.69) is 35.4 Å². The summed E-state index contributed by atoms with van der Waals surface area (Å²) in [7, 11) is 1.94. The van der Waals surface area contributed by atoms with Gasteiger partial charge in [0.05, 0.1) is 16.7 Å². The van der Waals surface area contributed by atoms with E-state index in [9.17, 15) is 14.5 Å². The first kappa shape index (κ1) is 18.5. The number of pyridine rings is 1. The number of nitro groups is 1. The molecule has 1 aromatic heterocycles. The summed E-state index contributed by atoms with van der Waals surface area (Å²) in [6, 6.07) is 6.02. The smallest absolute Gasteiger partial charge is 0.287 e. The molecule has 3 rings (SSSR count). The monoisotopic (exact) mass is 369 g/mol. The maximum atomic E-state index is 14.5. The molecule has 0 saturated carbocycles. The van der Waals surface area contributed by atoms with Crippen LogP contribution in [0.1, 0.15) is 31.9 Å². The standard InChI is InChI=1S/C19H20FN5O2/c1-12-9-19(2,3)24(4)17-8-16(20)13(7-15(12)17)10-22-23-18-6-5-14(11-21-18)25(26)27/h5-11H,1-4H3,(H,21,23)/b22-10-. The third kappa shape index (κ3) is 3.64. The molecule has 2 aromatic rings. The van der Waals surface area contributed by atoms with Gasteiger partial charge < -0.3 is 4.90 Å². The van der Waals surface area contributed by atoms with E-state index < -0.39 is 4.92 Å². The van der Waals surface area contributed by atoms with Crippen LogP contribution < -0.4 is 10.3 Å². The first-order valence-electron chi connectivity index (χ1n) is 8.36. The highest BCUT2D eigenvalue weighted by Crippen LogP contribution is 2.38. The number of hydrogen-bond acceptors (Lipinski definition) is 6. The second-order valence-corrected chi connectivity index (χ2v) is 6.96. The van der Waals surface area contributed by atoms with Crippen molar-refractivity contribution < 1.29 is 9.31 Å². The average Bonchev–Trinajstić information content (AvgIpc) is 2.61. The predicted molar refractivity (Wildman–Crippen MR) is 105 cm³/mol. The molecule has 1 aromatic carbocycles. The maximum Gasteiger partial charge on any atom is 0.287 e. The number of halogens is 1. The molecule has 0 aliphatic carbocycles. The number of hydrazone groups is 1. The highest BCUT2D eigenvalue weighted by atomic mass is 19.1. The normalized spacial score (nSPS) is 15.4. The Labute approximate surface area is 156 Å². The molecule has 0 bridgehead atoms. The van der Waals surface area contributed by atoms with Crippen molar-refractivity contribution in [2.24, 2.45) is 5.10 Å². The zero-order valence-corrected chi connectivity index (χ0v) is 15.5. The first-order chi connectivity index (χ1) is 12.7. The van der Waals surface area contributed by atoms with Crippen LogP contribution in [0.2, 0.25) is 0 Å². The molecule has 8 heteroatoms. The lowest BCUT2D eigenvalue weighted by atomic mass is 9.88. The van der Waals surface area contributed by atoms with Crippen molar-refractivity contribution in [2.75, 3.05) is 17.4 Å². The van der Waals surface area contributed by atoms with Gasteiger partial charge in [-0.15, -0.1) is 0 Å². The highest BCUT2D eigenvalue weighted by molar-refractivity contribution is 5.88. The summed E-state index contributed by atoms with van der Waals surface area (Å²) in [6.07, 6.45) is 4.64. The van der Waals surface area contributed by atoms with Crippen LogP contribution >= 0.6 is 0 Å². The van der Waals surface area contributed by atoms with Crippen LogP contribution in [0.5, 0.6) is 0 Å². The van der Waals surface area contributed by atoms with Gasteiger partial charge in [-0.05, 0) is 44.5 Å². The van der Waals surface area contributed by atoms with E-state index in [1.54, 1.807) is 6.07 Å². The Hall–Kier alpha value is -3.29. The molecule has 7 nitrogen and oxygen atoms in total. The number of aromatic nitrogens is 1. The largest absolute Gasteiger partial charge is 0.365 e. The van der Waals surface area contributed by atoms with Crippen LogP contribution in [0.25, 0.3) is 5.57 Å². The maximum absolute atomic E-state index is 14.5. The minimum Gasteiger partial charge on any atom is -0.365 e. The summed E-state index contributed by atoms with van der Waals surface area (Å²) >= 11 is 0. The Morgan fingerprint density at radius 1 is 1.37 bits per heavy atom. The zero-order valence-electron chi connectivity index (χ0n) is 15.5. The van der Waals surface area contributed by atoms with E-state index in [0.29, 0.717) is 11.4 Å². The van der Waals surface area contributed by atoms with Gasteiger partial charge in [-0.1, -0.05) is 6.08 Å². The van der Waals surface area contributed by atoms with Crippen molar-refractivity contribution in [1.29, 1.82) is 0 Å². The Kier molecular flexibility index (Phi) is 4.65. The number of allylic oxidation sites excluding steroid dienone is 1. The van der Waals surface area contributed by atoms with Crippen molar-refractivity contribution in [2.45, 2.75) is 26.3 Å². The lowest BCUT2D eigenvalue weighted by Crippen LogP contribution is -2.42. The number of anilines is 2. The number of nitrogens with zero attached hydrogens (tertiary/aromatic N) is 4. The average molecular weight is 369 g/mol. The summed E-state index contributed by atoms with van der Waals surface area (Å²) in [5, 5.41) is 14.6. The van der Waals surface area contributed by atoms with Crippen LogP contribution in [-0.4, -0.2) is 28.7 Å². The molecule has 1 aliphatic heterocycles. The van der Waals surface area contributed by atoms with Crippen LogP contribution in [0, 0.1) is 15.9 Å². The van der Waals surface area contributed by atoms with E-state index in [1.807, 2.05) is 18.9 Å². The molecular formula is C19H20FN5O2. The molecule has 27 heavy (non-hydrogen) atoms. The summed E-state index contributed by atoms with van der Waals surface area (Å²) in [4.78, 5) is 16.0. The number of rotatable bonds is 4. The van der Waals surface area contributed by atoms with Crippen molar-refractivity contribution in [3.05, 3.63) is 63.6 Å². The van der Waals surface area contributed by atoms with Crippen LogP contribution in [0.15, 0.2) is 41.6 Å². The minimum atomic E-state index is -0.531. The fourth-order valence-electron chi connectivity index (χ4n) is 3.01. The van der Waals surface area contributed by atoms with Crippen LogP contribution in [0.3, 0.4) is 0 Å². The Morgan fingerprint density at radius 2 is 2.11 bits per heavy atom. The van der Waals surface area contributed by atoms with Crippen molar-refractivity contribution in [3.63, 3.8) is 0 Å². The van der Waals surface area contributed by atoms with E-state index >= 15 is 0 Å². The molecule has 0 radical (unpaired) electrons. The topological polar surface area (TPSA) is 83.7 Å². The third-order valence-electron chi connectivity index (χ3n) is 4.68. The molecular weight excluding hydrogens is 349 g/mol. The number of hydrogen-bond donors (Lipinski definition) is 1. The fraction of sp³-hybridized carbons (Fsp3) is 0.263. The second-order valence-electron chi connectivity index (χ2n) is 6.96. The predicted octanol–water partition coefficient (Wildman–Crippen LogP) is 4.21. The second kappa shape index (κ2) is 6.79. The summed E-state index contributed by atoms with van der Waals surface area (Å²) in [6.45, 7) is 6.16. The van der Waals surface area contributed by atoms with Crippen molar-refractivity contribution in [1.82, 2.24) is 4.98 Å². The summed E-state index contributed by atoms with van der Waals surface area (Å²) in [5.74, 6) is -0.0545. The number of likely N-dealkylation sites (N-methyl/N-ethyl adjacent to an activating group) is 1. The lowest BCUT2D eigenvalue weighted by Gasteiger charge is -2.40. The SMILES string of the molecule is CC1=CC(C)(C)N(C)c2cc(F)c(/C=N\Nc3ccc([N+](=O)[O-])cn3)cc21. The van der Waals surface area contributed by atoms with Gasteiger partial charge in [0.2, 0.25) is 0 Å². The van der Waals surface area contributed by atoms with Gasteiger partial charge in [0.25, 0.3) is 5.69 Å². The molecule has 0 saturated heterocycles. The highest BCUT2D eigenvalue weighted by Gasteiger charge is 2.29. The molecule has 1 aliphatic rings. The van der Waals surface area contributed by atoms with Crippen molar-refractivity contribution in [3.8, 4) is 0 Å². The quantitative estimate of drug-likeness (QED) is 0.496. The Balaban J connectivity index is 1.83. The number of benzene rings is 1. The molecule has 1 N–H and O–H groups in total. The van der Waals surface area contributed by atoms with Gasteiger partial charge in [0.15, 0.2) is 0 Å². The van der Waals surface area contributed by atoms with Crippen LogP contribution in [0.4, 0.5) is 21.6 Å². The number of fused-ring (bicyclic) bond motifs is 1. The molecule has 2 heterocycles. The Bertz CT molecular complexity index is 951. The van der Waals surface area contributed by atoms with E-state index in [4.69, 9.17) is 0 Å². The molecule has 140 valence electrons. The zero-order chi connectivity index (χ0) is 19.8. The first-order valence-corrected chi connectivity index (χ1v) is 8.36. The molecule has 0 fully saturated rings. The van der Waals surface area contributed by atoms with Crippen LogP contribution in [-0.2, 0) is 0 Å². The lowest BCUT2D eigenvalue weighted by molar-refractivity contribution is -0.385. The van der Waals surface area contributed by atoms with Gasteiger partial charge in [0.1, 0.15) is 17.8 Å². The van der Waals surface area contributed by atoms with Gasteiger partial charge >= 0.3 is 0 Å². The third-order valence-corrected chi connectivity index (χ3v) is 4.68. The summed E-state index contributed by atoms with van der Waals surface area (Å²) < 4.78 is 14.5. The molecule has 0 atom stereocenters. The van der Waals surface area contributed by atoms with Gasteiger partial charge in [-0.3, -0.25) is 15.5 Å². The van der Waals surface area contributed by atoms with E-state index in [1.165, 1.54) is 24.4 Å². The molecule has 0 amide bonds. The Morgan fingerprint density at radius 3 is 2.74 bits per heavy atom. The fourth-order valence-corrected chi connectivity index (χ4v) is 3.01. The summed E-state index contributed by atoms with van der Waals surface area (Å²) in [5.41, 5.74) is 5.54.